The Hall–Kier alpha value is -3.41. The lowest BCUT2D eigenvalue weighted by Gasteiger charge is -2.12. The first kappa shape index (κ1) is 18.4. The first-order valence-corrected chi connectivity index (χ1v) is 8.47. The Morgan fingerprint density at radius 2 is 1.74 bits per heavy atom. The van der Waals surface area contributed by atoms with Crippen molar-refractivity contribution in [3.8, 4) is 11.3 Å². The quantitative estimate of drug-likeness (QED) is 0.640. The molecule has 0 saturated carbocycles. The number of carbonyl (C=O) groups is 2. The minimum absolute atomic E-state index is 0.145. The molecule has 0 amide bonds. The number of hydrogen-bond acceptors (Lipinski definition) is 6. The third kappa shape index (κ3) is 3.74. The second-order valence-electron chi connectivity index (χ2n) is 5.79. The van der Waals surface area contributed by atoms with Crippen LogP contribution in [0.5, 0.6) is 0 Å². The highest BCUT2D eigenvalue weighted by molar-refractivity contribution is 6.02. The molecule has 1 aromatic heterocycles. The lowest BCUT2D eigenvalue weighted by molar-refractivity contribution is -0.142. The molecule has 6 nitrogen and oxygen atoms in total. The molecule has 0 N–H and O–H groups in total. The zero-order chi connectivity index (χ0) is 19.4. The third-order valence-electron chi connectivity index (χ3n) is 3.96. The van der Waals surface area contributed by atoms with Crippen LogP contribution >= 0.6 is 0 Å². The second kappa shape index (κ2) is 7.86. The van der Waals surface area contributed by atoms with E-state index in [9.17, 15) is 14.4 Å². The van der Waals surface area contributed by atoms with Crippen molar-refractivity contribution in [3.63, 3.8) is 0 Å². The summed E-state index contributed by atoms with van der Waals surface area (Å²) in [6.45, 7) is 2.95. The van der Waals surface area contributed by atoms with Gasteiger partial charge in [-0.05, 0) is 19.1 Å². The van der Waals surface area contributed by atoms with Gasteiger partial charge in [-0.3, -0.25) is 9.59 Å². The van der Waals surface area contributed by atoms with E-state index in [0.717, 1.165) is 0 Å². The van der Waals surface area contributed by atoms with E-state index in [1.165, 1.54) is 6.92 Å². The van der Waals surface area contributed by atoms with Crippen LogP contribution < -0.4 is 5.43 Å². The smallest absolute Gasteiger partial charge is 0.341 e. The molecule has 0 atom stereocenters. The van der Waals surface area contributed by atoms with Gasteiger partial charge in [0.2, 0.25) is 0 Å². The van der Waals surface area contributed by atoms with E-state index in [-0.39, 0.29) is 46.5 Å². The molecule has 2 aromatic carbocycles. The van der Waals surface area contributed by atoms with Crippen LogP contribution in [0.1, 0.15) is 29.8 Å². The highest BCUT2D eigenvalue weighted by atomic mass is 16.5. The Kier molecular flexibility index (Phi) is 5.35. The van der Waals surface area contributed by atoms with Crippen molar-refractivity contribution in [1.29, 1.82) is 0 Å². The van der Waals surface area contributed by atoms with Crippen LogP contribution in [0.4, 0.5) is 0 Å². The molecule has 0 saturated heterocycles. The summed E-state index contributed by atoms with van der Waals surface area (Å²) in [6, 6.07) is 13.7. The molecule has 6 heteroatoms. The van der Waals surface area contributed by atoms with Crippen LogP contribution in [0, 0.1) is 0 Å². The first-order chi connectivity index (χ1) is 13.0. The summed E-state index contributed by atoms with van der Waals surface area (Å²) >= 11 is 0. The third-order valence-corrected chi connectivity index (χ3v) is 3.96. The van der Waals surface area contributed by atoms with Crippen molar-refractivity contribution in [3.05, 3.63) is 69.9 Å². The number of ether oxygens (including phenoxy) is 2. The van der Waals surface area contributed by atoms with Crippen molar-refractivity contribution >= 4 is 22.9 Å². The second-order valence-corrected chi connectivity index (χ2v) is 5.79. The maximum atomic E-state index is 13.1. The molecule has 0 radical (unpaired) electrons. The van der Waals surface area contributed by atoms with Crippen LogP contribution in [-0.2, 0) is 20.9 Å². The largest absolute Gasteiger partial charge is 0.462 e. The maximum absolute atomic E-state index is 13.1. The van der Waals surface area contributed by atoms with E-state index in [1.54, 1.807) is 49.4 Å². The minimum Gasteiger partial charge on any atom is -0.462 e. The summed E-state index contributed by atoms with van der Waals surface area (Å²) in [5, 5.41) is 0.224. The molecular formula is C21H18O6. The first-order valence-electron chi connectivity index (χ1n) is 8.47. The Morgan fingerprint density at radius 1 is 1.00 bits per heavy atom. The summed E-state index contributed by atoms with van der Waals surface area (Å²) in [6.07, 6.45) is 0. The number of fused-ring (bicyclic) bond motifs is 1. The van der Waals surface area contributed by atoms with Gasteiger partial charge in [0, 0.05) is 12.5 Å². The van der Waals surface area contributed by atoms with Gasteiger partial charge in [0.1, 0.15) is 17.9 Å². The fourth-order valence-electron chi connectivity index (χ4n) is 2.75. The molecule has 3 rings (SSSR count). The fraction of sp³-hybridized carbons (Fsp3) is 0.190. The zero-order valence-corrected chi connectivity index (χ0v) is 15.0. The van der Waals surface area contributed by atoms with Crippen molar-refractivity contribution in [2.24, 2.45) is 0 Å². The van der Waals surface area contributed by atoms with Crippen LogP contribution in [-0.4, -0.2) is 18.5 Å². The van der Waals surface area contributed by atoms with E-state index < -0.39 is 11.9 Å². The molecule has 0 aliphatic heterocycles. The molecular weight excluding hydrogens is 348 g/mol. The van der Waals surface area contributed by atoms with Gasteiger partial charge in [-0.1, -0.05) is 36.4 Å². The molecule has 0 bridgehead atoms. The predicted octanol–water partition coefficient (Wildman–Crippen LogP) is 3.70. The van der Waals surface area contributed by atoms with E-state index in [4.69, 9.17) is 13.9 Å². The molecule has 0 unspecified atom stereocenters. The predicted molar refractivity (Wildman–Crippen MR) is 99.3 cm³/mol. The number of esters is 2. The Balaban J connectivity index is 2.30. The van der Waals surface area contributed by atoms with Crippen molar-refractivity contribution in [1.82, 2.24) is 0 Å². The highest BCUT2D eigenvalue weighted by Crippen LogP contribution is 2.28. The van der Waals surface area contributed by atoms with Gasteiger partial charge in [0.05, 0.1) is 17.6 Å². The van der Waals surface area contributed by atoms with Gasteiger partial charge in [0.15, 0.2) is 11.0 Å². The summed E-state index contributed by atoms with van der Waals surface area (Å²) in [7, 11) is 0. The molecule has 0 aliphatic carbocycles. The molecule has 138 valence electrons. The Bertz CT molecular complexity index is 1050. The van der Waals surface area contributed by atoms with Crippen molar-refractivity contribution in [2.45, 2.75) is 20.5 Å². The van der Waals surface area contributed by atoms with Gasteiger partial charge in [-0.25, -0.2) is 4.79 Å². The molecule has 0 fully saturated rings. The van der Waals surface area contributed by atoms with Crippen molar-refractivity contribution < 1.29 is 23.5 Å². The topological polar surface area (TPSA) is 82.8 Å². The minimum atomic E-state index is -0.571. The van der Waals surface area contributed by atoms with E-state index in [2.05, 4.69) is 0 Å². The average molecular weight is 366 g/mol. The lowest BCUT2D eigenvalue weighted by Crippen LogP contribution is -2.15. The number of rotatable bonds is 5. The van der Waals surface area contributed by atoms with Crippen LogP contribution in [0.15, 0.2) is 57.7 Å². The standard InChI is InChI=1S/C21H18O6/c1-3-25-21(24)16-11-7-10-15-18(23)17(12-26-13(2)22)19(27-20(15)16)14-8-5-4-6-9-14/h4-11H,3,12H2,1-2H3. The maximum Gasteiger partial charge on any atom is 0.341 e. The van der Waals surface area contributed by atoms with E-state index in [0.29, 0.717) is 5.56 Å². The summed E-state index contributed by atoms with van der Waals surface area (Å²) in [5.74, 6) is -0.821. The summed E-state index contributed by atoms with van der Waals surface area (Å²) in [4.78, 5) is 36.6. The fourth-order valence-corrected chi connectivity index (χ4v) is 2.75. The monoisotopic (exact) mass is 366 g/mol. The molecule has 1 heterocycles. The highest BCUT2D eigenvalue weighted by Gasteiger charge is 2.21. The summed E-state index contributed by atoms with van der Waals surface area (Å²) < 4.78 is 16.1. The number of para-hydroxylation sites is 1. The van der Waals surface area contributed by atoms with Crippen LogP contribution in [0.25, 0.3) is 22.3 Å². The van der Waals surface area contributed by atoms with Crippen LogP contribution in [0.3, 0.4) is 0 Å². The van der Waals surface area contributed by atoms with Gasteiger partial charge < -0.3 is 13.9 Å². The van der Waals surface area contributed by atoms with Crippen LogP contribution in [0.2, 0.25) is 0 Å². The van der Waals surface area contributed by atoms with Crippen molar-refractivity contribution in [2.75, 3.05) is 6.61 Å². The molecule has 27 heavy (non-hydrogen) atoms. The number of carbonyl (C=O) groups excluding carboxylic acids is 2. The number of hydrogen-bond donors (Lipinski definition) is 0. The summed E-state index contributed by atoms with van der Waals surface area (Å²) in [5.41, 5.74) is 0.804. The molecule has 0 aliphatic rings. The zero-order valence-electron chi connectivity index (χ0n) is 15.0. The normalized spacial score (nSPS) is 10.6. The van der Waals surface area contributed by atoms with Gasteiger partial charge in [0.25, 0.3) is 0 Å². The van der Waals surface area contributed by atoms with Gasteiger partial charge in [-0.15, -0.1) is 0 Å². The van der Waals surface area contributed by atoms with E-state index >= 15 is 0 Å². The Morgan fingerprint density at radius 3 is 2.41 bits per heavy atom. The molecule has 0 spiro atoms. The Labute approximate surface area is 155 Å². The lowest BCUT2D eigenvalue weighted by atomic mass is 10.0. The van der Waals surface area contributed by atoms with Gasteiger partial charge in [-0.2, -0.15) is 0 Å². The molecule has 3 aromatic rings. The van der Waals surface area contributed by atoms with E-state index in [1.807, 2.05) is 6.07 Å². The number of benzene rings is 2. The SMILES string of the molecule is CCOC(=O)c1cccc2c(=O)c(COC(C)=O)c(-c3ccccc3)oc12. The van der Waals surface area contributed by atoms with Gasteiger partial charge >= 0.3 is 11.9 Å². The average Bonchev–Trinajstić information content (AvgIpc) is 2.67.